The summed E-state index contributed by atoms with van der Waals surface area (Å²) in [5.74, 6) is -0.159. The number of halogens is 3. The molecule has 1 saturated heterocycles. The van der Waals surface area contributed by atoms with E-state index in [0.717, 1.165) is 17.6 Å². The number of hydrogen-bond donors (Lipinski definition) is 1. The standard InChI is InChI=1S/C27H24F3N5O2S/c28-27(29,30)23-10-12-31-17-21(23)18-34-13-15-35(16-14-34)26(36)20-6-8-22(9-7-20)33-38(37)24-5-1-3-19-4-2-11-32-25(19)24/h1-12,17,33H,13-16,18H2. The Kier molecular flexibility index (Phi) is 7.50. The van der Waals surface area contributed by atoms with Gasteiger partial charge in [0.05, 0.1) is 11.3 Å². The van der Waals surface area contributed by atoms with Crippen molar-refractivity contribution in [1.29, 1.82) is 0 Å². The average Bonchev–Trinajstić information content (AvgIpc) is 2.93. The van der Waals surface area contributed by atoms with Crippen molar-refractivity contribution in [3.05, 3.63) is 95.9 Å². The number of para-hydroxylation sites is 1. The lowest BCUT2D eigenvalue weighted by Gasteiger charge is -2.35. The van der Waals surface area contributed by atoms with Gasteiger partial charge in [-0.25, -0.2) is 4.72 Å². The number of rotatable bonds is 6. The van der Waals surface area contributed by atoms with Crippen molar-refractivity contribution in [2.45, 2.75) is 17.6 Å². The van der Waals surface area contributed by atoms with Crippen LogP contribution in [0.25, 0.3) is 10.9 Å². The monoisotopic (exact) mass is 539 g/mol. The molecule has 0 aliphatic carbocycles. The number of carbonyl (C=O) groups excluding carboxylic acids is 1. The molecule has 1 fully saturated rings. The lowest BCUT2D eigenvalue weighted by molar-refractivity contribution is -0.138. The van der Waals surface area contributed by atoms with Gasteiger partial charge in [-0.2, -0.15) is 13.2 Å². The summed E-state index contributed by atoms with van der Waals surface area (Å²) in [5.41, 5.74) is 1.17. The maximum absolute atomic E-state index is 13.3. The summed E-state index contributed by atoms with van der Waals surface area (Å²) in [6.45, 7) is 1.83. The van der Waals surface area contributed by atoms with E-state index in [2.05, 4.69) is 14.7 Å². The molecule has 1 unspecified atom stereocenters. The Morgan fingerprint density at radius 3 is 2.45 bits per heavy atom. The number of nitrogens with one attached hydrogen (secondary N) is 1. The Hall–Kier alpha value is -3.67. The highest BCUT2D eigenvalue weighted by Crippen LogP contribution is 2.32. The number of amides is 1. The molecule has 4 aromatic rings. The number of carbonyl (C=O) groups is 1. The van der Waals surface area contributed by atoms with Crippen molar-refractivity contribution in [2.75, 3.05) is 30.9 Å². The second kappa shape index (κ2) is 11.0. The molecule has 2 aromatic heterocycles. The molecule has 1 amide bonds. The van der Waals surface area contributed by atoms with Crippen LogP contribution in [0.4, 0.5) is 18.9 Å². The number of hydrogen-bond acceptors (Lipinski definition) is 6. The summed E-state index contributed by atoms with van der Waals surface area (Å²) >= 11 is -1.55. The van der Waals surface area contributed by atoms with Gasteiger partial charge in [0.1, 0.15) is 16.9 Å². The lowest BCUT2D eigenvalue weighted by Crippen LogP contribution is -2.48. The van der Waals surface area contributed by atoms with E-state index in [1.54, 1.807) is 41.4 Å². The molecule has 1 aliphatic rings. The zero-order valence-corrected chi connectivity index (χ0v) is 21.0. The van der Waals surface area contributed by atoms with E-state index in [4.69, 9.17) is 0 Å². The maximum atomic E-state index is 13.3. The fraction of sp³-hybridized carbons (Fsp3) is 0.222. The topological polar surface area (TPSA) is 84.4 Å². The largest absolute Gasteiger partial charge is 0.588 e. The number of benzene rings is 2. The van der Waals surface area contributed by atoms with Crippen LogP contribution in [0.5, 0.6) is 0 Å². The Morgan fingerprint density at radius 1 is 0.974 bits per heavy atom. The zero-order valence-electron chi connectivity index (χ0n) is 20.2. The number of pyridine rings is 2. The first-order chi connectivity index (χ1) is 18.3. The summed E-state index contributed by atoms with van der Waals surface area (Å²) < 4.78 is 55.7. The Labute approximate surface area is 220 Å². The van der Waals surface area contributed by atoms with Crippen LogP contribution in [0, 0.1) is 0 Å². The second-order valence-corrected chi connectivity index (χ2v) is 10.1. The predicted molar refractivity (Wildman–Crippen MR) is 139 cm³/mol. The van der Waals surface area contributed by atoms with Crippen LogP contribution in [0.15, 0.2) is 84.1 Å². The van der Waals surface area contributed by atoms with Crippen LogP contribution >= 0.6 is 0 Å². The van der Waals surface area contributed by atoms with Crippen molar-refractivity contribution in [1.82, 2.24) is 19.8 Å². The van der Waals surface area contributed by atoms with Gasteiger partial charge in [-0.1, -0.05) is 18.2 Å². The lowest BCUT2D eigenvalue weighted by atomic mass is 10.1. The van der Waals surface area contributed by atoms with Crippen LogP contribution in [0.3, 0.4) is 0 Å². The fourth-order valence-electron chi connectivity index (χ4n) is 4.43. The van der Waals surface area contributed by atoms with E-state index < -0.39 is 23.1 Å². The maximum Gasteiger partial charge on any atom is 0.416 e. The molecule has 0 radical (unpaired) electrons. The fourth-order valence-corrected chi connectivity index (χ4v) is 5.44. The first-order valence-electron chi connectivity index (χ1n) is 11.9. The predicted octanol–water partition coefficient (Wildman–Crippen LogP) is 4.74. The normalized spacial score (nSPS) is 15.4. The molecule has 2 aromatic carbocycles. The molecule has 1 atom stereocenters. The number of alkyl halides is 3. The van der Waals surface area contributed by atoms with Crippen LogP contribution in [0.1, 0.15) is 21.5 Å². The second-order valence-electron chi connectivity index (χ2n) is 8.88. The molecule has 196 valence electrons. The average molecular weight is 540 g/mol. The van der Waals surface area contributed by atoms with Gasteiger partial charge in [0, 0.05) is 62.3 Å². The van der Waals surface area contributed by atoms with Crippen LogP contribution in [-0.4, -0.2) is 56.4 Å². The summed E-state index contributed by atoms with van der Waals surface area (Å²) in [6, 6.07) is 16.9. The summed E-state index contributed by atoms with van der Waals surface area (Å²) in [5, 5.41) is 0.891. The van der Waals surface area contributed by atoms with E-state index in [-0.39, 0.29) is 18.0 Å². The molecular weight excluding hydrogens is 515 g/mol. The zero-order chi connectivity index (χ0) is 26.7. The van der Waals surface area contributed by atoms with E-state index in [0.29, 0.717) is 47.8 Å². The Bertz CT molecular complexity index is 1420. The van der Waals surface area contributed by atoms with Gasteiger partial charge in [0.2, 0.25) is 4.90 Å². The smallest absolute Gasteiger partial charge is 0.416 e. The molecular formula is C27H24F3N5O2S. The number of piperazine rings is 1. The van der Waals surface area contributed by atoms with Gasteiger partial charge in [0.15, 0.2) is 0 Å². The van der Waals surface area contributed by atoms with Crippen molar-refractivity contribution in [3.63, 3.8) is 0 Å². The summed E-state index contributed by atoms with van der Waals surface area (Å²) in [6.07, 6.45) is -0.390. The molecule has 38 heavy (non-hydrogen) atoms. The van der Waals surface area contributed by atoms with Crippen molar-refractivity contribution < 1.29 is 22.5 Å². The van der Waals surface area contributed by atoms with E-state index in [1.165, 1.54) is 6.20 Å². The van der Waals surface area contributed by atoms with Gasteiger partial charge < -0.3 is 9.45 Å². The Morgan fingerprint density at radius 2 is 1.71 bits per heavy atom. The molecule has 0 spiro atoms. The SMILES string of the molecule is O=C(c1ccc(N[S+]([O-])c2cccc3cccnc23)cc1)N1CCN(Cc2cnccc2C(F)(F)F)CC1. The highest BCUT2D eigenvalue weighted by Gasteiger charge is 2.34. The van der Waals surface area contributed by atoms with Crippen LogP contribution in [-0.2, 0) is 24.1 Å². The molecule has 0 saturated carbocycles. The molecule has 11 heteroatoms. The quantitative estimate of drug-likeness (QED) is 0.357. The highest BCUT2D eigenvalue weighted by molar-refractivity contribution is 7.93. The van der Waals surface area contributed by atoms with Crippen LogP contribution < -0.4 is 4.72 Å². The summed E-state index contributed by atoms with van der Waals surface area (Å²) in [7, 11) is 0. The minimum absolute atomic E-state index is 0.119. The third kappa shape index (κ3) is 5.74. The molecule has 1 aliphatic heterocycles. The van der Waals surface area contributed by atoms with Gasteiger partial charge in [0.25, 0.3) is 5.91 Å². The van der Waals surface area contributed by atoms with E-state index >= 15 is 0 Å². The summed E-state index contributed by atoms with van der Waals surface area (Å²) in [4.78, 5) is 25.3. The first-order valence-corrected chi connectivity index (χ1v) is 13.1. The minimum atomic E-state index is -4.44. The van der Waals surface area contributed by atoms with Gasteiger partial charge in [-0.15, -0.1) is 0 Å². The van der Waals surface area contributed by atoms with E-state index in [9.17, 15) is 22.5 Å². The highest BCUT2D eigenvalue weighted by atomic mass is 32.2. The third-order valence-corrected chi connectivity index (χ3v) is 7.55. The van der Waals surface area contributed by atoms with Crippen molar-refractivity contribution in [2.24, 2.45) is 0 Å². The van der Waals surface area contributed by atoms with Crippen molar-refractivity contribution >= 4 is 33.9 Å². The van der Waals surface area contributed by atoms with Gasteiger partial charge >= 0.3 is 6.18 Å². The van der Waals surface area contributed by atoms with E-state index in [1.807, 2.05) is 29.2 Å². The first kappa shape index (κ1) is 26.0. The number of fused-ring (bicyclic) bond motifs is 1. The number of aromatic nitrogens is 2. The molecule has 0 bridgehead atoms. The van der Waals surface area contributed by atoms with Gasteiger partial charge in [-0.3, -0.25) is 19.7 Å². The molecule has 5 rings (SSSR count). The molecule has 1 N–H and O–H groups in total. The molecule has 7 nitrogen and oxygen atoms in total. The number of nitrogens with zero attached hydrogens (tertiary/aromatic N) is 4. The third-order valence-electron chi connectivity index (χ3n) is 6.40. The minimum Gasteiger partial charge on any atom is -0.588 e. The Balaban J connectivity index is 1.18. The van der Waals surface area contributed by atoms with Crippen LogP contribution in [0.2, 0.25) is 0 Å². The van der Waals surface area contributed by atoms with Gasteiger partial charge in [-0.05, 0) is 48.0 Å². The number of anilines is 1. The molecule has 3 heterocycles. The van der Waals surface area contributed by atoms with Crippen molar-refractivity contribution in [3.8, 4) is 0 Å².